The van der Waals surface area contributed by atoms with Gasteiger partial charge in [-0.1, -0.05) is 192 Å². The maximum atomic E-state index is 12.7. The molecule has 0 aromatic carbocycles. The second-order valence-electron chi connectivity index (χ2n) is 17.5. The van der Waals surface area contributed by atoms with Crippen molar-refractivity contribution in [2.24, 2.45) is 0 Å². The maximum absolute atomic E-state index is 12.7. The molecule has 0 aromatic heterocycles. The van der Waals surface area contributed by atoms with Crippen LogP contribution in [0.25, 0.3) is 0 Å². The number of carbonyl (C=O) groups excluding carboxylic acids is 1. The van der Waals surface area contributed by atoms with E-state index in [0.717, 1.165) is 44.9 Å². The summed E-state index contributed by atoms with van der Waals surface area (Å²) >= 11 is 0. The number of allylic oxidation sites excluding steroid dienone is 4. The number of likely N-dealkylation sites (N-methyl/N-ethyl adjacent to an activating group) is 1. The second kappa shape index (κ2) is 41.7. The van der Waals surface area contributed by atoms with E-state index >= 15 is 0 Å². The van der Waals surface area contributed by atoms with Crippen molar-refractivity contribution in [2.75, 3.05) is 54.1 Å². The van der Waals surface area contributed by atoms with Crippen molar-refractivity contribution in [3.8, 4) is 0 Å². The molecule has 1 N–H and O–H groups in total. The fourth-order valence-electron chi connectivity index (χ4n) is 6.76. The Bertz CT molecular complexity index is 967. The summed E-state index contributed by atoms with van der Waals surface area (Å²) in [6.07, 6.45) is 47.8. The summed E-state index contributed by atoms with van der Waals surface area (Å²) in [6, 6.07) is 0. The van der Waals surface area contributed by atoms with E-state index in [1.54, 1.807) is 0 Å². The fraction of sp³-hybridized carbons (Fsp3) is 0.896. The van der Waals surface area contributed by atoms with Gasteiger partial charge in [-0.05, 0) is 44.9 Å². The Labute approximate surface area is 353 Å². The van der Waals surface area contributed by atoms with Crippen LogP contribution >= 0.6 is 7.82 Å². The predicted molar refractivity (Wildman–Crippen MR) is 243 cm³/mol. The summed E-state index contributed by atoms with van der Waals surface area (Å²) in [5.74, 6) is -0.313. The third-order valence-electron chi connectivity index (χ3n) is 10.5. The summed E-state index contributed by atoms with van der Waals surface area (Å²) in [6.45, 7) is 5.62. The highest BCUT2D eigenvalue weighted by Gasteiger charge is 2.26. The molecule has 0 saturated carbocycles. The molecule has 0 aromatic rings. The molecular formula is C48H95NO7P+. The third kappa shape index (κ3) is 45.9. The van der Waals surface area contributed by atoms with Gasteiger partial charge in [0.15, 0.2) is 0 Å². The Morgan fingerprint density at radius 2 is 0.965 bits per heavy atom. The normalized spacial score (nSPS) is 13.9. The van der Waals surface area contributed by atoms with Crippen LogP contribution in [-0.2, 0) is 27.9 Å². The van der Waals surface area contributed by atoms with Crippen LogP contribution < -0.4 is 0 Å². The number of rotatable bonds is 45. The smallest absolute Gasteiger partial charge is 0.457 e. The van der Waals surface area contributed by atoms with Gasteiger partial charge < -0.3 is 18.9 Å². The Balaban J connectivity index is 4.18. The Morgan fingerprint density at radius 1 is 0.544 bits per heavy atom. The van der Waals surface area contributed by atoms with Gasteiger partial charge in [0.2, 0.25) is 0 Å². The van der Waals surface area contributed by atoms with Gasteiger partial charge in [-0.15, -0.1) is 0 Å². The standard InChI is InChI=1S/C48H94NO7P/c1-6-8-10-12-14-16-18-20-22-24-25-27-29-31-33-35-37-39-41-48(50)56-47(46-55-57(51,52)54-44-42-49(3,4)5)45-53-43-40-38-36-34-32-30-28-26-23-21-19-17-15-13-11-9-7-2/h17,19,23,26,47H,6-16,18,20-22,24-25,27-46H2,1-5H3/p+1/b19-17-,26-23-. The van der Waals surface area contributed by atoms with Gasteiger partial charge in [0.05, 0.1) is 34.4 Å². The lowest BCUT2D eigenvalue weighted by atomic mass is 10.0. The molecule has 0 rings (SSSR count). The summed E-state index contributed by atoms with van der Waals surface area (Å²) in [7, 11) is 1.67. The molecule has 2 atom stereocenters. The minimum Gasteiger partial charge on any atom is -0.457 e. The van der Waals surface area contributed by atoms with E-state index in [2.05, 4.69) is 38.2 Å². The van der Waals surface area contributed by atoms with Gasteiger partial charge in [-0.25, -0.2) is 4.57 Å². The fourth-order valence-corrected chi connectivity index (χ4v) is 7.50. The molecule has 8 nitrogen and oxygen atoms in total. The summed E-state index contributed by atoms with van der Waals surface area (Å²) in [5.41, 5.74) is 0. The predicted octanol–water partition coefficient (Wildman–Crippen LogP) is 14.4. The first-order chi connectivity index (χ1) is 27.6. The van der Waals surface area contributed by atoms with Crippen LogP contribution in [0.15, 0.2) is 24.3 Å². The summed E-state index contributed by atoms with van der Waals surface area (Å²) in [5, 5.41) is 0. The monoisotopic (exact) mass is 829 g/mol. The topological polar surface area (TPSA) is 91.3 Å². The average Bonchev–Trinajstić information content (AvgIpc) is 3.16. The lowest BCUT2D eigenvalue weighted by Gasteiger charge is -2.24. The minimum absolute atomic E-state index is 0.0885. The van der Waals surface area contributed by atoms with Crippen LogP contribution in [0.4, 0.5) is 0 Å². The number of ether oxygens (including phenoxy) is 2. The van der Waals surface area contributed by atoms with E-state index in [9.17, 15) is 14.3 Å². The van der Waals surface area contributed by atoms with Gasteiger partial charge in [0, 0.05) is 13.0 Å². The molecule has 57 heavy (non-hydrogen) atoms. The SMILES string of the molecule is CCCCCC/C=C\C/C=C\CCCCCCCCOCC(COP(=O)(O)OCC[N+](C)(C)C)OC(=O)CCCCCCCCCCCCCCCCCCCC. The van der Waals surface area contributed by atoms with E-state index in [1.807, 2.05) is 21.1 Å². The van der Waals surface area contributed by atoms with Gasteiger partial charge in [-0.3, -0.25) is 13.8 Å². The highest BCUT2D eigenvalue weighted by molar-refractivity contribution is 7.47. The number of unbranched alkanes of at least 4 members (excludes halogenated alkanes) is 27. The first kappa shape index (κ1) is 56.0. The van der Waals surface area contributed by atoms with Crippen LogP contribution in [0, 0.1) is 0 Å². The van der Waals surface area contributed by atoms with E-state index in [0.29, 0.717) is 24.1 Å². The highest BCUT2D eigenvalue weighted by Crippen LogP contribution is 2.43. The van der Waals surface area contributed by atoms with Gasteiger partial charge in [0.1, 0.15) is 19.3 Å². The van der Waals surface area contributed by atoms with E-state index in [4.69, 9.17) is 18.5 Å². The molecular weight excluding hydrogens is 734 g/mol. The molecule has 2 unspecified atom stereocenters. The molecule has 0 aliphatic heterocycles. The molecule has 338 valence electrons. The van der Waals surface area contributed by atoms with Crippen LogP contribution in [0.3, 0.4) is 0 Å². The number of phosphoric acid groups is 1. The quantitative estimate of drug-likeness (QED) is 0.0215. The number of quaternary nitrogens is 1. The van der Waals surface area contributed by atoms with Gasteiger partial charge in [0.25, 0.3) is 0 Å². The Hall–Kier alpha value is -1.02. The Morgan fingerprint density at radius 3 is 1.44 bits per heavy atom. The van der Waals surface area contributed by atoms with Gasteiger partial charge >= 0.3 is 13.8 Å². The second-order valence-corrected chi connectivity index (χ2v) is 19.0. The first-order valence-corrected chi connectivity index (χ1v) is 25.6. The van der Waals surface area contributed by atoms with Crippen LogP contribution in [0.2, 0.25) is 0 Å². The van der Waals surface area contributed by atoms with Crippen molar-refractivity contribution < 1.29 is 37.3 Å². The molecule has 0 bridgehead atoms. The minimum atomic E-state index is -4.28. The lowest BCUT2D eigenvalue weighted by Crippen LogP contribution is -2.37. The largest absolute Gasteiger partial charge is 0.472 e. The Kier molecular flexibility index (Phi) is 41.0. The zero-order valence-corrected chi connectivity index (χ0v) is 39.2. The summed E-state index contributed by atoms with van der Waals surface area (Å²) < 4.78 is 35.1. The molecule has 0 saturated heterocycles. The van der Waals surface area contributed by atoms with E-state index in [-0.39, 0.29) is 25.8 Å². The number of hydrogen-bond acceptors (Lipinski definition) is 6. The highest BCUT2D eigenvalue weighted by atomic mass is 31.2. The van der Waals surface area contributed by atoms with Crippen LogP contribution in [-0.4, -0.2) is 75.6 Å². The number of esters is 1. The molecule has 0 aliphatic rings. The van der Waals surface area contributed by atoms with Crippen molar-refractivity contribution in [2.45, 2.75) is 225 Å². The molecule has 9 heteroatoms. The van der Waals surface area contributed by atoms with E-state index in [1.165, 1.54) is 154 Å². The third-order valence-corrected chi connectivity index (χ3v) is 11.5. The number of phosphoric ester groups is 1. The molecule has 0 fully saturated rings. The van der Waals surface area contributed by atoms with E-state index < -0.39 is 13.9 Å². The van der Waals surface area contributed by atoms with Crippen molar-refractivity contribution in [1.82, 2.24) is 0 Å². The van der Waals surface area contributed by atoms with Crippen molar-refractivity contribution in [1.29, 1.82) is 0 Å². The number of carbonyl (C=O) groups is 1. The van der Waals surface area contributed by atoms with Gasteiger partial charge in [-0.2, -0.15) is 0 Å². The zero-order valence-electron chi connectivity index (χ0n) is 38.3. The maximum Gasteiger partial charge on any atom is 0.472 e. The molecule has 0 amide bonds. The molecule has 0 radical (unpaired) electrons. The molecule has 0 spiro atoms. The van der Waals surface area contributed by atoms with Crippen LogP contribution in [0.5, 0.6) is 0 Å². The number of hydrogen-bond donors (Lipinski definition) is 1. The summed E-state index contributed by atoms with van der Waals surface area (Å²) in [4.78, 5) is 22.9. The lowest BCUT2D eigenvalue weighted by molar-refractivity contribution is -0.870. The molecule has 0 aliphatic carbocycles. The average molecular weight is 829 g/mol. The number of nitrogens with zero attached hydrogens (tertiary/aromatic N) is 1. The van der Waals surface area contributed by atoms with Crippen molar-refractivity contribution in [3.63, 3.8) is 0 Å². The van der Waals surface area contributed by atoms with Crippen molar-refractivity contribution >= 4 is 13.8 Å². The first-order valence-electron chi connectivity index (χ1n) is 24.1. The van der Waals surface area contributed by atoms with Crippen LogP contribution in [0.1, 0.15) is 219 Å². The molecule has 0 heterocycles. The zero-order chi connectivity index (χ0) is 42.0. The van der Waals surface area contributed by atoms with Crippen molar-refractivity contribution in [3.05, 3.63) is 24.3 Å².